The number of rotatable bonds is 6. The Kier molecular flexibility index (Phi) is 4.82. The van der Waals surface area contributed by atoms with Crippen LogP contribution >= 0.6 is 0 Å². The third-order valence-corrected chi connectivity index (χ3v) is 5.35. The van der Waals surface area contributed by atoms with Crippen LogP contribution in [0, 0.1) is 5.92 Å². The quantitative estimate of drug-likeness (QED) is 0.791. The van der Waals surface area contributed by atoms with Gasteiger partial charge in [0, 0.05) is 0 Å². The van der Waals surface area contributed by atoms with Crippen LogP contribution in [0.2, 0.25) is 0 Å². The summed E-state index contributed by atoms with van der Waals surface area (Å²) in [5.74, 6) is 0.787. The van der Waals surface area contributed by atoms with E-state index in [4.69, 9.17) is 0 Å². The molecule has 0 radical (unpaired) electrons. The summed E-state index contributed by atoms with van der Waals surface area (Å²) in [4.78, 5) is 12.4. The monoisotopic (exact) mass is 300 g/mol. The van der Waals surface area contributed by atoms with Crippen LogP contribution in [0.5, 0.6) is 0 Å². The number of carbonyl (C=O) groups excluding carboxylic acids is 1. The Hall–Kier alpha value is -1.35. The number of hydrogen-bond acceptors (Lipinski definition) is 2. The molecule has 1 heterocycles. The average molecular weight is 300 g/mol. The maximum absolute atomic E-state index is 12.4. The van der Waals surface area contributed by atoms with Crippen LogP contribution in [0.15, 0.2) is 30.3 Å². The van der Waals surface area contributed by atoms with E-state index in [0.717, 1.165) is 12.8 Å². The minimum absolute atomic E-state index is 0.0748. The molecule has 2 aliphatic rings. The minimum atomic E-state index is -0.121. The second kappa shape index (κ2) is 6.82. The Morgan fingerprint density at radius 1 is 1.23 bits per heavy atom. The molecule has 1 aromatic rings. The van der Waals surface area contributed by atoms with Crippen molar-refractivity contribution in [3.05, 3.63) is 35.9 Å². The van der Waals surface area contributed by atoms with Gasteiger partial charge in [-0.15, -0.1) is 0 Å². The van der Waals surface area contributed by atoms with Gasteiger partial charge in [0.05, 0.1) is 11.7 Å². The highest BCUT2D eigenvalue weighted by atomic mass is 16.2. The lowest BCUT2D eigenvalue weighted by Crippen LogP contribution is -2.53. The zero-order valence-electron chi connectivity index (χ0n) is 13.6. The first-order valence-corrected chi connectivity index (χ1v) is 8.87. The molecule has 1 saturated carbocycles. The van der Waals surface area contributed by atoms with Gasteiger partial charge in [-0.1, -0.05) is 56.5 Å². The van der Waals surface area contributed by atoms with Crippen molar-refractivity contribution in [2.45, 2.75) is 70.0 Å². The first kappa shape index (κ1) is 15.5. The standard InChI is InChI=1S/C19H28N2O/c1-2-3-5-11-16-12-8-13-19(16)20-17(18(22)21-19)14-15-9-6-4-7-10-15/h4,6-7,9-10,16-17,20H,2-3,5,8,11-14H2,1H3,(H,21,22). The molecule has 3 rings (SSSR count). The molecule has 1 aliphatic heterocycles. The number of unbranched alkanes of at least 4 members (excludes halogenated alkanes) is 2. The Morgan fingerprint density at radius 2 is 2.05 bits per heavy atom. The maximum Gasteiger partial charge on any atom is 0.238 e. The van der Waals surface area contributed by atoms with E-state index in [1.807, 2.05) is 18.2 Å². The molecule has 22 heavy (non-hydrogen) atoms. The molecule has 3 atom stereocenters. The summed E-state index contributed by atoms with van der Waals surface area (Å²) in [5, 5.41) is 7.01. The molecule has 1 saturated heterocycles. The fourth-order valence-corrected chi connectivity index (χ4v) is 4.18. The summed E-state index contributed by atoms with van der Waals surface area (Å²) in [7, 11) is 0. The summed E-state index contributed by atoms with van der Waals surface area (Å²) in [6, 6.07) is 10.2. The fraction of sp³-hybridized carbons (Fsp3) is 0.632. The first-order valence-electron chi connectivity index (χ1n) is 8.87. The fourth-order valence-electron chi connectivity index (χ4n) is 4.18. The van der Waals surface area contributed by atoms with Crippen LogP contribution in [-0.2, 0) is 11.2 Å². The van der Waals surface area contributed by atoms with Crippen LogP contribution in [0.4, 0.5) is 0 Å². The van der Waals surface area contributed by atoms with Gasteiger partial charge in [0.15, 0.2) is 0 Å². The van der Waals surface area contributed by atoms with Crippen molar-refractivity contribution >= 4 is 5.91 Å². The molecule has 120 valence electrons. The zero-order chi connectivity index (χ0) is 15.4. The predicted octanol–water partition coefficient (Wildman–Crippen LogP) is 3.39. The van der Waals surface area contributed by atoms with E-state index in [2.05, 4.69) is 29.7 Å². The SMILES string of the molecule is CCCCCC1CCCC12NC(=O)C(Cc1ccccc1)N2. The van der Waals surface area contributed by atoms with E-state index in [1.54, 1.807) is 0 Å². The number of amides is 1. The van der Waals surface area contributed by atoms with Gasteiger partial charge < -0.3 is 5.32 Å². The normalized spacial score (nSPS) is 30.9. The molecule has 1 spiro atoms. The number of carbonyl (C=O) groups is 1. The van der Waals surface area contributed by atoms with E-state index in [1.165, 1.54) is 44.1 Å². The first-order chi connectivity index (χ1) is 10.7. The summed E-state index contributed by atoms with van der Waals surface area (Å²) in [6.07, 6.45) is 9.42. The van der Waals surface area contributed by atoms with Crippen LogP contribution in [0.25, 0.3) is 0 Å². The van der Waals surface area contributed by atoms with E-state index in [-0.39, 0.29) is 17.6 Å². The average Bonchev–Trinajstić information content (AvgIpc) is 3.05. The van der Waals surface area contributed by atoms with Gasteiger partial charge in [0.1, 0.15) is 0 Å². The molecule has 0 bridgehead atoms. The molecule has 2 N–H and O–H groups in total. The predicted molar refractivity (Wildman–Crippen MR) is 89.4 cm³/mol. The van der Waals surface area contributed by atoms with E-state index in [9.17, 15) is 4.79 Å². The highest BCUT2D eigenvalue weighted by molar-refractivity contribution is 5.85. The zero-order valence-corrected chi connectivity index (χ0v) is 13.6. The summed E-state index contributed by atoms with van der Waals surface area (Å²) in [5.41, 5.74) is 1.11. The lowest BCUT2D eigenvalue weighted by atomic mass is 9.91. The largest absolute Gasteiger partial charge is 0.336 e. The molecule has 0 aromatic heterocycles. The third-order valence-electron chi connectivity index (χ3n) is 5.35. The van der Waals surface area contributed by atoms with Crippen molar-refractivity contribution in [3.63, 3.8) is 0 Å². The number of nitrogens with one attached hydrogen (secondary N) is 2. The van der Waals surface area contributed by atoms with E-state index in [0.29, 0.717) is 5.92 Å². The van der Waals surface area contributed by atoms with Crippen LogP contribution in [-0.4, -0.2) is 17.6 Å². The Balaban J connectivity index is 1.64. The van der Waals surface area contributed by atoms with Gasteiger partial charge in [0.2, 0.25) is 5.91 Å². The van der Waals surface area contributed by atoms with Crippen molar-refractivity contribution in [2.24, 2.45) is 5.92 Å². The Bertz CT molecular complexity index is 501. The van der Waals surface area contributed by atoms with Gasteiger partial charge in [-0.3, -0.25) is 10.1 Å². The molecule has 1 aromatic carbocycles. The summed E-state index contributed by atoms with van der Waals surface area (Å²) in [6.45, 7) is 2.25. The number of hydrogen-bond donors (Lipinski definition) is 2. The van der Waals surface area contributed by atoms with Crippen LogP contribution < -0.4 is 10.6 Å². The molecular formula is C19H28N2O. The summed E-state index contributed by atoms with van der Waals surface area (Å²) < 4.78 is 0. The highest BCUT2D eigenvalue weighted by Crippen LogP contribution is 2.39. The molecule has 3 unspecified atom stereocenters. The molecule has 1 aliphatic carbocycles. The van der Waals surface area contributed by atoms with Crippen LogP contribution in [0.3, 0.4) is 0 Å². The smallest absolute Gasteiger partial charge is 0.238 e. The lowest BCUT2D eigenvalue weighted by molar-refractivity contribution is -0.121. The third kappa shape index (κ3) is 3.19. The van der Waals surface area contributed by atoms with Crippen molar-refractivity contribution in [2.75, 3.05) is 0 Å². The van der Waals surface area contributed by atoms with Crippen LogP contribution in [0.1, 0.15) is 57.4 Å². The van der Waals surface area contributed by atoms with Gasteiger partial charge in [0.25, 0.3) is 0 Å². The van der Waals surface area contributed by atoms with Crippen molar-refractivity contribution in [3.8, 4) is 0 Å². The lowest BCUT2D eigenvalue weighted by Gasteiger charge is -2.32. The topological polar surface area (TPSA) is 41.1 Å². The molecule has 3 heteroatoms. The Labute approximate surface area is 133 Å². The molecule has 1 amide bonds. The minimum Gasteiger partial charge on any atom is -0.336 e. The molecular weight excluding hydrogens is 272 g/mol. The summed E-state index contributed by atoms with van der Waals surface area (Å²) >= 11 is 0. The molecule has 3 nitrogen and oxygen atoms in total. The van der Waals surface area contributed by atoms with Gasteiger partial charge in [-0.05, 0) is 43.6 Å². The van der Waals surface area contributed by atoms with Gasteiger partial charge in [-0.25, -0.2) is 0 Å². The second-order valence-electron chi connectivity index (χ2n) is 6.93. The highest BCUT2D eigenvalue weighted by Gasteiger charge is 2.50. The van der Waals surface area contributed by atoms with E-state index >= 15 is 0 Å². The second-order valence-corrected chi connectivity index (χ2v) is 6.93. The maximum atomic E-state index is 12.4. The van der Waals surface area contributed by atoms with Gasteiger partial charge in [-0.2, -0.15) is 0 Å². The van der Waals surface area contributed by atoms with Gasteiger partial charge >= 0.3 is 0 Å². The molecule has 2 fully saturated rings. The number of benzene rings is 1. The van der Waals surface area contributed by atoms with Crippen molar-refractivity contribution in [1.82, 2.24) is 10.6 Å². The van der Waals surface area contributed by atoms with E-state index < -0.39 is 0 Å². The van der Waals surface area contributed by atoms with Crippen molar-refractivity contribution in [1.29, 1.82) is 0 Å². The van der Waals surface area contributed by atoms with Crippen molar-refractivity contribution < 1.29 is 4.79 Å². The Morgan fingerprint density at radius 3 is 2.82 bits per heavy atom.